The Labute approximate surface area is 167 Å². The van der Waals surface area contributed by atoms with E-state index in [4.69, 9.17) is 0 Å². The highest BCUT2D eigenvalue weighted by molar-refractivity contribution is 5.78. The van der Waals surface area contributed by atoms with Gasteiger partial charge in [0.15, 0.2) is 0 Å². The molecule has 1 aromatic heterocycles. The SMILES string of the molecule is Cc1ccccc1[C@@H](CC(=O)N(Cc1nccn1C)C(C)C)c1ccccc1. The van der Waals surface area contributed by atoms with E-state index in [1.165, 1.54) is 16.7 Å². The lowest BCUT2D eigenvalue weighted by atomic mass is 9.85. The minimum atomic E-state index is 0.0394. The lowest BCUT2D eigenvalue weighted by Gasteiger charge is -2.29. The predicted octanol–water partition coefficient (Wildman–Crippen LogP) is 4.69. The highest BCUT2D eigenvalue weighted by atomic mass is 16.2. The third-order valence-corrected chi connectivity index (χ3v) is 5.32. The summed E-state index contributed by atoms with van der Waals surface area (Å²) in [5.74, 6) is 1.09. The molecule has 0 N–H and O–H groups in total. The Morgan fingerprint density at radius 2 is 1.75 bits per heavy atom. The van der Waals surface area contributed by atoms with E-state index >= 15 is 0 Å². The Morgan fingerprint density at radius 3 is 2.36 bits per heavy atom. The summed E-state index contributed by atoms with van der Waals surface area (Å²) in [5.41, 5.74) is 3.60. The quantitative estimate of drug-likeness (QED) is 0.601. The molecule has 0 aliphatic heterocycles. The molecule has 2 aromatic carbocycles. The van der Waals surface area contributed by atoms with Crippen molar-refractivity contribution >= 4 is 5.91 Å². The third kappa shape index (κ3) is 4.50. The van der Waals surface area contributed by atoms with Crippen LogP contribution in [0.1, 0.15) is 48.7 Å². The van der Waals surface area contributed by atoms with Crippen LogP contribution in [-0.2, 0) is 18.4 Å². The molecular weight excluding hydrogens is 346 g/mol. The van der Waals surface area contributed by atoms with Crippen LogP contribution in [0, 0.1) is 6.92 Å². The molecule has 0 saturated heterocycles. The maximum absolute atomic E-state index is 13.4. The molecule has 0 aliphatic carbocycles. The van der Waals surface area contributed by atoms with Gasteiger partial charge in [0.1, 0.15) is 5.82 Å². The zero-order valence-corrected chi connectivity index (χ0v) is 17.2. The molecule has 0 spiro atoms. The molecular formula is C24H29N3O. The maximum atomic E-state index is 13.4. The van der Waals surface area contributed by atoms with Crippen LogP contribution in [0.15, 0.2) is 67.0 Å². The highest BCUT2D eigenvalue weighted by Gasteiger charge is 2.25. The van der Waals surface area contributed by atoms with Crippen molar-refractivity contribution in [2.24, 2.45) is 7.05 Å². The Bertz CT molecular complexity index is 914. The normalized spacial score (nSPS) is 12.2. The van der Waals surface area contributed by atoms with Gasteiger partial charge in [0, 0.05) is 37.8 Å². The molecule has 0 unspecified atom stereocenters. The van der Waals surface area contributed by atoms with Gasteiger partial charge in [-0.3, -0.25) is 4.79 Å². The van der Waals surface area contributed by atoms with Crippen molar-refractivity contribution in [2.45, 2.75) is 45.7 Å². The summed E-state index contributed by atoms with van der Waals surface area (Å²) in [7, 11) is 1.96. The monoisotopic (exact) mass is 375 g/mol. The molecule has 1 atom stereocenters. The summed E-state index contributed by atoms with van der Waals surface area (Å²) in [4.78, 5) is 19.7. The van der Waals surface area contributed by atoms with E-state index < -0.39 is 0 Å². The summed E-state index contributed by atoms with van der Waals surface area (Å²) in [6.45, 7) is 6.76. The lowest BCUT2D eigenvalue weighted by Crippen LogP contribution is -2.38. The van der Waals surface area contributed by atoms with Gasteiger partial charge in [0.2, 0.25) is 5.91 Å². The van der Waals surface area contributed by atoms with Crippen molar-refractivity contribution in [3.8, 4) is 0 Å². The molecule has 1 amide bonds. The van der Waals surface area contributed by atoms with Gasteiger partial charge in [-0.2, -0.15) is 0 Å². The van der Waals surface area contributed by atoms with Gasteiger partial charge in [-0.1, -0.05) is 54.6 Å². The Kier molecular flexibility index (Phi) is 6.30. The molecule has 3 rings (SSSR count). The smallest absolute Gasteiger partial charge is 0.224 e. The molecule has 0 saturated carbocycles. The number of aryl methyl sites for hydroxylation is 2. The van der Waals surface area contributed by atoms with Crippen LogP contribution in [0.2, 0.25) is 0 Å². The van der Waals surface area contributed by atoms with E-state index in [2.05, 4.69) is 56.1 Å². The molecule has 3 aromatic rings. The molecule has 4 heteroatoms. The number of hydrogen-bond donors (Lipinski definition) is 0. The van der Waals surface area contributed by atoms with Gasteiger partial charge in [0.25, 0.3) is 0 Å². The standard InChI is InChI=1S/C24H29N3O/c1-18(2)27(17-23-25-14-15-26(23)4)24(28)16-22(20-11-6-5-7-12-20)21-13-9-8-10-19(21)3/h5-15,18,22H,16-17H2,1-4H3/t22-/m0/s1. The second kappa shape index (κ2) is 8.87. The van der Waals surface area contributed by atoms with Crippen LogP contribution in [0.3, 0.4) is 0 Å². The summed E-state index contributed by atoms with van der Waals surface area (Å²) in [6, 6.07) is 18.8. The second-order valence-corrected chi connectivity index (χ2v) is 7.59. The Balaban J connectivity index is 1.89. The van der Waals surface area contributed by atoms with Gasteiger partial charge >= 0.3 is 0 Å². The number of carbonyl (C=O) groups is 1. The van der Waals surface area contributed by atoms with Crippen molar-refractivity contribution in [1.82, 2.24) is 14.5 Å². The zero-order valence-electron chi connectivity index (χ0n) is 17.2. The van der Waals surface area contributed by atoms with E-state index in [1.54, 1.807) is 6.20 Å². The fourth-order valence-electron chi connectivity index (χ4n) is 3.62. The van der Waals surface area contributed by atoms with E-state index in [9.17, 15) is 4.79 Å². The number of imidazole rings is 1. The number of rotatable bonds is 7. The summed E-state index contributed by atoms with van der Waals surface area (Å²) in [6.07, 6.45) is 4.13. The molecule has 0 radical (unpaired) electrons. The van der Waals surface area contributed by atoms with Crippen molar-refractivity contribution in [2.75, 3.05) is 0 Å². The molecule has 0 fully saturated rings. The fourth-order valence-corrected chi connectivity index (χ4v) is 3.62. The largest absolute Gasteiger partial charge is 0.337 e. The molecule has 146 valence electrons. The maximum Gasteiger partial charge on any atom is 0.224 e. The predicted molar refractivity (Wildman–Crippen MR) is 113 cm³/mol. The summed E-state index contributed by atoms with van der Waals surface area (Å²) >= 11 is 0. The molecule has 0 aliphatic rings. The highest BCUT2D eigenvalue weighted by Crippen LogP contribution is 2.31. The topological polar surface area (TPSA) is 38.1 Å². The average Bonchev–Trinajstić information content (AvgIpc) is 3.10. The number of carbonyl (C=O) groups excluding carboxylic acids is 1. The first-order valence-corrected chi connectivity index (χ1v) is 9.83. The van der Waals surface area contributed by atoms with E-state index in [-0.39, 0.29) is 17.9 Å². The Hall–Kier alpha value is -2.88. The van der Waals surface area contributed by atoms with Crippen LogP contribution in [0.4, 0.5) is 0 Å². The minimum absolute atomic E-state index is 0.0394. The van der Waals surface area contributed by atoms with Crippen molar-refractivity contribution in [3.05, 3.63) is 89.5 Å². The number of benzene rings is 2. The van der Waals surface area contributed by atoms with Crippen LogP contribution in [0.25, 0.3) is 0 Å². The van der Waals surface area contributed by atoms with Crippen molar-refractivity contribution in [3.63, 3.8) is 0 Å². The van der Waals surface area contributed by atoms with E-state index in [1.807, 2.05) is 47.0 Å². The first-order chi connectivity index (χ1) is 13.5. The molecule has 1 heterocycles. The van der Waals surface area contributed by atoms with Crippen molar-refractivity contribution in [1.29, 1.82) is 0 Å². The van der Waals surface area contributed by atoms with Gasteiger partial charge < -0.3 is 9.47 Å². The van der Waals surface area contributed by atoms with E-state index in [0.717, 1.165) is 5.82 Å². The summed E-state index contributed by atoms with van der Waals surface area (Å²) < 4.78 is 1.97. The first-order valence-electron chi connectivity index (χ1n) is 9.83. The minimum Gasteiger partial charge on any atom is -0.337 e. The molecule has 28 heavy (non-hydrogen) atoms. The summed E-state index contributed by atoms with van der Waals surface area (Å²) in [5, 5.41) is 0. The average molecular weight is 376 g/mol. The van der Waals surface area contributed by atoms with E-state index in [0.29, 0.717) is 13.0 Å². The van der Waals surface area contributed by atoms with Gasteiger partial charge in [0.05, 0.1) is 6.54 Å². The fraction of sp³-hybridized carbons (Fsp3) is 0.333. The van der Waals surface area contributed by atoms with Crippen LogP contribution >= 0.6 is 0 Å². The van der Waals surface area contributed by atoms with Crippen molar-refractivity contribution < 1.29 is 4.79 Å². The number of hydrogen-bond acceptors (Lipinski definition) is 2. The van der Waals surface area contributed by atoms with Crippen LogP contribution in [0.5, 0.6) is 0 Å². The second-order valence-electron chi connectivity index (χ2n) is 7.59. The van der Waals surface area contributed by atoms with Gasteiger partial charge in [-0.25, -0.2) is 4.98 Å². The van der Waals surface area contributed by atoms with Crippen LogP contribution < -0.4 is 0 Å². The van der Waals surface area contributed by atoms with Crippen LogP contribution in [-0.4, -0.2) is 26.4 Å². The zero-order chi connectivity index (χ0) is 20.1. The Morgan fingerprint density at radius 1 is 1.07 bits per heavy atom. The number of amides is 1. The molecule has 4 nitrogen and oxygen atoms in total. The lowest BCUT2D eigenvalue weighted by molar-refractivity contribution is -0.134. The van der Waals surface area contributed by atoms with Gasteiger partial charge in [-0.15, -0.1) is 0 Å². The molecule has 0 bridgehead atoms. The third-order valence-electron chi connectivity index (χ3n) is 5.32. The number of aromatic nitrogens is 2. The first kappa shape index (κ1) is 19.9. The van der Waals surface area contributed by atoms with Gasteiger partial charge in [-0.05, 0) is 37.5 Å². The number of nitrogens with zero attached hydrogens (tertiary/aromatic N) is 3.